The van der Waals surface area contributed by atoms with Gasteiger partial charge in [-0.2, -0.15) is 0 Å². The first-order valence-corrected chi connectivity index (χ1v) is 11.0. The Hall–Kier alpha value is -2.62. The van der Waals surface area contributed by atoms with Gasteiger partial charge < -0.3 is 4.57 Å². The molecule has 0 spiro atoms. The highest BCUT2D eigenvalue weighted by atomic mass is 35.5. The average Bonchev–Trinajstić information content (AvgIpc) is 3.13. The van der Waals surface area contributed by atoms with Crippen molar-refractivity contribution in [1.82, 2.24) is 4.57 Å². The fourth-order valence-corrected chi connectivity index (χ4v) is 4.36. The maximum atomic E-state index is 6.47. The van der Waals surface area contributed by atoms with Gasteiger partial charge in [0.25, 0.3) is 0 Å². The summed E-state index contributed by atoms with van der Waals surface area (Å²) in [6.07, 6.45) is 1.04. The Bertz CT molecular complexity index is 1170. The van der Waals surface area contributed by atoms with E-state index in [9.17, 15) is 0 Å². The summed E-state index contributed by atoms with van der Waals surface area (Å²) < 4.78 is 2.26. The molecule has 4 heteroatoms. The van der Waals surface area contributed by atoms with Crippen molar-refractivity contribution in [2.24, 2.45) is 4.99 Å². The van der Waals surface area contributed by atoms with E-state index in [4.69, 9.17) is 16.6 Å². The number of nitrogens with zero attached hydrogens (tertiary/aromatic N) is 2. The summed E-state index contributed by atoms with van der Waals surface area (Å²) in [6.45, 7) is 4.94. The van der Waals surface area contributed by atoms with Crippen molar-refractivity contribution in [2.45, 2.75) is 26.8 Å². The average molecular weight is 419 g/mol. The summed E-state index contributed by atoms with van der Waals surface area (Å²) in [4.78, 5) is 5.89. The molecule has 0 saturated heterocycles. The minimum atomic E-state index is 0.679. The molecule has 146 valence electrons. The van der Waals surface area contributed by atoms with Crippen LogP contribution in [0.25, 0.3) is 11.3 Å². The molecule has 2 nitrogen and oxygen atoms in total. The van der Waals surface area contributed by atoms with Gasteiger partial charge in [-0.3, -0.25) is 0 Å². The molecule has 0 amide bonds. The van der Waals surface area contributed by atoms with Crippen LogP contribution in [-0.4, -0.2) is 4.57 Å². The van der Waals surface area contributed by atoms with Gasteiger partial charge in [0.2, 0.25) is 0 Å². The van der Waals surface area contributed by atoms with Gasteiger partial charge in [0.15, 0.2) is 4.80 Å². The molecule has 0 radical (unpaired) electrons. The van der Waals surface area contributed by atoms with Crippen LogP contribution in [0.3, 0.4) is 0 Å². The normalized spacial score (nSPS) is 11.8. The summed E-state index contributed by atoms with van der Waals surface area (Å²) >= 11 is 8.13. The van der Waals surface area contributed by atoms with Gasteiger partial charge in [-0.25, -0.2) is 4.99 Å². The zero-order valence-corrected chi connectivity index (χ0v) is 18.2. The number of aromatic nitrogens is 1. The molecule has 1 heterocycles. The summed E-state index contributed by atoms with van der Waals surface area (Å²) in [6, 6.07) is 25.1. The van der Waals surface area contributed by atoms with Gasteiger partial charge in [-0.1, -0.05) is 78.7 Å². The van der Waals surface area contributed by atoms with Crippen LogP contribution in [0.15, 0.2) is 83.2 Å². The van der Waals surface area contributed by atoms with Crippen molar-refractivity contribution < 1.29 is 0 Å². The van der Waals surface area contributed by atoms with Crippen LogP contribution in [0.1, 0.15) is 23.6 Å². The highest BCUT2D eigenvalue weighted by molar-refractivity contribution is 7.07. The molecule has 0 N–H and O–H groups in total. The molecule has 4 aromatic rings. The Morgan fingerprint density at radius 3 is 2.34 bits per heavy atom. The standard InChI is InChI=1S/C25H23ClN2S/c1-3-19-10-12-20(13-11-19)24-17-29-25(27-22-14-8-18(2)9-15-22)28(24)16-21-6-4-5-7-23(21)26/h4-15,17H,3,16H2,1-2H3. The molecule has 0 saturated carbocycles. The Morgan fingerprint density at radius 2 is 1.66 bits per heavy atom. The summed E-state index contributed by atoms with van der Waals surface area (Å²) in [5.74, 6) is 0. The van der Waals surface area contributed by atoms with E-state index < -0.39 is 0 Å². The van der Waals surface area contributed by atoms with Crippen molar-refractivity contribution in [3.05, 3.63) is 105 Å². The number of halogens is 1. The fourth-order valence-electron chi connectivity index (χ4n) is 3.24. The molecule has 0 aliphatic rings. The SMILES string of the molecule is CCc1ccc(-c2csc(=Nc3ccc(C)cc3)n2Cc2ccccc2Cl)cc1. The zero-order valence-electron chi connectivity index (χ0n) is 16.6. The minimum absolute atomic E-state index is 0.679. The number of hydrogen-bond donors (Lipinski definition) is 0. The van der Waals surface area contributed by atoms with E-state index in [0.29, 0.717) is 6.54 Å². The largest absolute Gasteiger partial charge is 0.312 e. The zero-order chi connectivity index (χ0) is 20.2. The Balaban J connectivity index is 1.83. The summed E-state index contributed by atoms with van der Waals surface area (Å²) in [5, 5.41) is 2.96. The molecule has 0 aliphatic heterocycles. The second kappa shape index (κ2) is 8.81. The number of aryl methyl sites for hydroxylation is 2. The molecule has 4 rings (SSSR count). The minimum Gasteiger partial charge on any atom is -0.312 e. The molecule has 0 unspecified atom stereocenters. The van der Waals surface area contributed by atoms with Crippen LogP contribution < -0.4 is 4.80 Å². The maximum absolute atomic E-state index is 6.47. The van der Waals surface area contributed by atoms with Crippen LogP contribution in [0, 0.1) is 6.92 Å². The van der Waals surface area contributed by atoms with E-state index in [1.54, 1.807) is 11.3 Å². The van der Waals surface area contributed by atoms with Crippen LogP contribution in [0.5, 0.6) is 0 Å². The molecular weight excluding hydrogens is 396 g/mol. The monoisotopic (exact) mass is 418 g/mol. The quantitative estimate of drug-likeness (QED) is 0.331. The van der Waals surface area contributed by atoms with Crippen LogP contribution in [0.2, 0.25) is 5.02 Å². The molecule has 1 aromatic heterocycles. The van der Waals surface area contributed by atoms with E-state index in [1.165, 1.54) is 16.7 Å². The van der Waals surface area contributed by atoms with E-state index in [0.717, 1.165) is 33.2 Å². The third kappa shape index (κ3) is 4.52. The first-order chi connectivity index (χ1) is 14.1. The molecule has 0 fully saturated rings. The van der Waals surface area contributed by atoms with Gasteiger partial charge in [0.1, 0.15) is 0 Å². The maximum Gasteiger partial charge on any atom is 0.190 e. The molecule has 29 heavy (non-hydrogen) atoms. The Kier molecular flexibility index (Phi) is 5.98. The van der Waals surface area contributed by atoms with Crippen molar-refractivity contribution in [2.75, 3.05) is 0 Å². The predicted octanol–water partition coefficient (Wildman–Crippen LogP) is 7.02. The van der Waals surface area contributed by atoms with E-state index in [2.05, 4.69) is 78.4 Å². The lowest BCUT2D eigenvalue weighted by Gasteiger charge is -2.11. The Morgan fingerprint density at radius 1 is 0.931 bits per heavy atom. The van der Waals surface area contributed by atoms with E-state index in [-0.39, 0.29) is 0 Å². The second-order valence-corrected chi connectivity index (χ2v) is 8.32. The third-order valence-electron chi connectivity index (χ3n) is 5.00. The Labute approximate surface area is 180 Å². The second-order valence-electron chi connectivity index (χ2n) is 7.08. The number of hydrogen-bond acceptors (Lipinski definition) is 2. The van der Waals surface area contributed by atoms with E-state index >= 15 is 0 Å². The van der Waals surface area contributed by atoms with Crippen LogP contribution >= 0.6 is 22.9 Å². The van der Waals surface area contributed by atoms with Gasteiger partial charge in [-0.05, 0) is 48.2 Å². The molecule has 0 atom stereocenters. The van der Waals surface area contributed by atoms with Crippen LogP contribution in [-0.2, 0) is 13.0 Å². The third-order valence-corrected chi connectivity index (χ3v) is 6.23. The fraction of sp³-hybridized carbons (Fsp3) is 0.160. The van der Waals surface area contributed by atoms with Gasteiger partial charge >= 0.3 is 0 Å². The van der Waals surface area contributed by atoms with Gasteiger partial charge in [-0.15, -0.1) is 11.3 Å². The highest BCUT2D eigenvalue weighted by Crippen LogP contribution is 2.24. The molecular formula is C25H23ClN2S. The summed E-state index contributed by atoms with van der Waals surface area (Å²) in [5.41, 5.74) is 6.96. The number of thiazole rings is 1. The summed E-state index contributed by atoms with van der Waals surface area (Å²) in [7, 11) is 0. The van der Waals surface area contributed by atoms with Crippen molar-refractivity contribution in [3.63, 3.8) is 0 Å². The first-order valence-electron chi connectivity index (χ1n) is 9.76. The highest BCUT2D eigenvalue weighted by Gasteiger charge is 2.11. The van der Waals surface area contributed by atoms with Gasteiger partial charge in [0, 0.05) is 10.4 Å². The lowest BCUT2D eigenvalue weighted by Crippen LogP contribution is -2.17. The molecule has 0 aliphatic carbocycles. The predicted molar refractivity (Wildman–Crippen MR) is 124 cm³/mol. The molecule has 3 aromatic carbocycles. The topological polar surface area (TPSA) is 17.3 Å². The lowest BCUT2D eigenvalue weighted by molar-refractivity contribution is 0.778. The molecule has 0 bridgehead atoms. The van der Waals surface area contributed by atoms with Gasteiger partial charge in [0.05, 0.1) is 17.9 Å². The van der Waals surface area contributed by atoms with E-state index in [1.807, 2.05) is 18.2 Å². The first kappa shape index (κ1) is 19.7. The van der Waals surface area contributed by atoms with Crippen molar-refractivity contribution in [1.29, 1.82) is 0 Å². The number of rotatable bonds is 5. The van der Waals surface area contributed by atoms with Crippen LogP contribution in [0.4, 0.5) is 5.69 Å². The smallest absolute Gasteiger partial charge is 0.190 e. The van der Waals surface area contributed by atoms with Crippen molar-refractivity contribution in [3.8, 4) is 11.3 Å². The van der Waals surface area contributed by atoms with Crippen molar-refractivity contribution >= 4 is 28.6 Å². The number of benzene rings is 3. The lowest BCUT2D eigenvalue weighted by atomic mass is 10.1.